The van der Waals surface area contributed by atoms with Gasteiger partial charge in [-0.3, -0.25) is 0 Å². The van der Waals surface area contributed by atoms with Gasteiger partial charge < -0.3 is 24.6 Å². The Balaban J connectivity index is 0.000000612. The molecule has 0 aliphatic rings. The number of carboxylic acid groups (broad SMARTS) is 2. The molecule has 2 aromatic carbocycles. The van der Waals surface area contributed by atoms with Crippen molar-refractivity contribution in [2.75, 3.05) is 20.1 Å². The third-order valence-corrected chi connectivity index (χ3v) is 3.65. The molecule has 2 N–H and O–H groups in total. The van der Waals surface area contributed by atoms with Crippen LogP contribution in [0.1, 0.15) is 11.1 Å². The van der Waals surface area contributed by atoms with Crippen molar-refractivity contribution in [3.63, 3.8) is 0 Å². The quantitative estimate of drug-likeness (QED) is 0.519. The van der Waals surface area contributed by atoms with Crippen molar-refractivity contribution in [2.24, 2.45) is 0 Å². The van der Waals surface area contributed by atoms with Crippen molar-refractivity contribution < 1.29 is 33.8 Å². The number of quaternary nitrogens is 1. The molecule has 0 amide bonds. The van der Waals surface area contributed by atoms with Crippen LogP contribution >= 0.6 is 0 Å². The predicted octanol–water partition coefficient (Wildman–Crippen LogP) is 0.387. The smallest absolute Gasteiger partial charge is 0.351 e. The van der Waals surface area contributed by atoms with E-state index < -0.39 is 11.9 Å². The summed E-state index contributed by atoms with van der Waals surface area (Å²) in [6.45, 7) is 6.05. The summed E-state index contributed by atoms with van der Waals surface area (Å²) < 4.78 is 18.5. The largest absolute Gasteiger partial charge is 0.539 e. The summed E-state index contributed by atoms with van der Waals surface area (Å²) in [4.78, 5) is 19.3. The summed E-state index contributed by atoms with van der Waals surface area (Å²) in [7, 11) is 2.05. The van der Waals surface area contributed by atoms with Gasteiger partial charge in [0.15, 0.2) is 5.97 Å². The monoisotopic (exact) mass is 399 g/mol. The second kappa shape index (κ2) is 12.0. The number of ether oxygens (including phenoxy) is 1. The highest BCUT2D eigenvalue weighted by Gasteiger charge is 2.07. The second-order valence-corrected chi connectivity index (χ2v) is 6.15. The molecule has 0 fully saturated rings. The maximum absolute atomic E-state index is 12.9. The molecule has 0 heterocycles. The summed E-state index contributed by atoms with van der Waals surface area (Å²) >= 11 is 0. The van der Waals surface area contributed by atoms with Gasteiger partial charge in [0.25, 0.3) is 0 Å². The van der Waals surface area contributed by atoms with Gasteiger partial charge in [-0.25, -0.2) is 9.18 Å². The molecule has 7 heteroatoms. The van der Waals surface area contributed by atoms with Crippen molar-refractivity contribution in [2.45, 2.75) is 6.61 Å². The number of carbonyl (C=O) groups is 2. The number of nitrogens with one attached hydrogen (secondary N) is 1. The second-order valence-electron chi connectivity index (χ2n) is 6.15. The summed E-state index contributed by atoms with van der Waals surface area (Å²) in [6, 6.07) is 14.1. The molecule has 152 valence electrons. The van der Waals surface area contributed by atoms with Crippen LogP contribution in [0.25, 0.3) is 5.57 Å². The molecule has 0 spiro atoms. The van der Waals surface area contributed by atoms with Crippen LogP contribution in [0, 0.1) is 18.2 Å². The van der Waals surface area contributed by atoms with Crippen LogP contribution in [-0.2, 0) is 16.2 Å². The third kappa shape index (κ3) is 9.22. The molecule has 0 aromatic heterocycles. The third-order valence-electron chi connectivity index (χ3n) is 3.65. The molecule has 2 rings (SSSR count). The normalized spacial score (nSPS) is 10.7. The lowest BCUT2D eigenvalue weighted by Crippen LogP contribution is -3.08. The molecule has 0 aliphatic carbocycles. The van der Waals surface area contributed by atoms with E-state index in [-0.39, 0.29) is 5.82 Å². The number of hydrogen-bond acceptors (Lipinski definition) is 4. The van der Waals surface area contributed by atoms with Crippen molar-refractivity contribution in [1.29, 1.82) is 0 Å². The molecule has 0 radical (unpaired) electrons. The molecule has 0 saturated carbocycles. The van der Waals surface area contributed by atoms with E-state index in [0.717, 1.165) is 23.2 Å². The average Bonchev–Trinajstić information content (AvgIpc) is 2.68. The first-order chi connectivity index (χ1) is 13.7. The molecule has 0 bridgehead atoms. The number of terminal acetylenes is 1. The Morgan fingerprint density at radius 3 is 2.45 bits per heavy atom. The molecule has 0 saturated heterocycles. The highest BCUT2D eigenvalue weighted by atomic mass is 19.1. The van der Waals surface area contributed by atoms with Crippen LogP contribution in [0.5, 0.6) is 5.75 Å². The lowest BCUT2D eigenvalue weighted by atomic mass is 10.0. The Kier molecular flexibility index (Phi) is 9.65. The van der Waals surface area contributed by atoms with E-state index >= 15 is 0 Å². The van der Waals surface area contributed by atoms with E-state index in [1.165, 1.54) is 17.0 Å². The minimum absolute atomic E-state index is 0.269. The van der Waals surface area contributed by atoms with Gasteiger partial charge in [0.2, 0.25) is 0 Å². The standard InChI is InChI=1S/C20H20FNO.C2H2O4/c1-4-12-22(3)14-16(2)18-7-5-6-17(13-18)15-23-20-10-8-19(21)9-11-20;3-1(4)2(5)6/h1,5-11,13H,2,12,14-15H2,3H3;(H,3,4)(H,5,6). The molecular weight excluding hydrogens is 377 g/mol. The van der Waals surface area contributed by atoms with Crippen LogP contribution in [0.15, 0.2) is 55.1 Å². The maximum Gasteiger partial charge on any atom is 0.351 e. The van der Waals surface area contributed by atoms with Gasteiger partial charge in [0.05, 0.1) is 7.05 Å². The van der Waals surface area contributed by atoms with Gasteiger partial charge in [-0.1, -0.05) is 24.8 Å². The Morgan fingerprint density at radius 1 is 1.28 bits per heavy atom. The Bertz CT molecular complexity index is 875. The van der Waals surface area contributed by atoms with Crippen LogP contribution < -0.4 is 14.7 Å². The predicted molar refractivity (Wildman–Crippen MR) is 104 cm³/mol. The minimum atomic E-state index is -2.07. The fourth-order valence-electron chi connectivity index (χ4n) is 2.28. The highest BCUT2D eigenvalue weighted by molar-refractivity contribution is 6.26. The highest BCUT2D eigenvalue weighted by Crippen LogP contribution is 2.16. The van der Waals surface area contributed by atoms with Gasteiger partial charge in [0.1, 0.15) is 31.3 Å². The van der Waals surface area contributed by atoms with Crippen molar-refractivity contribution in [1.82, 2.24) is 0 Å². The molecule has 6 nitrogen and oxygen atoms in total. The van der Waals surface area contributed by atoms with E-state index in [0.29, 0.717) is 18.9 Å². The van der Waals surface area contributed by atoms with Gasteiger partial charge in [-0.2, -0.15) is 0 Å². The van der Waals surface area contributed by atoms with Crippen molar-refractivity contribution >= 4 is 17.5 Å². The maximum atomic E-state index is 12.9. The fourth-order valence-corrected chi connectivity index (χ4v) is 2.28. The molecule has 2 aromatic rings. The van der Waals surface area contributed by atoms with Crippen LogP contribution in [0.2, 0.25) is 0 Å². The summed E-state index contributed by atoms with van der Waals surface area (Å²) in [5.41, 5.74) is 3.17. The van der Waals surface area contributed by atoms with Gasteiger partial charge in [-0.15, -0.1) is 6.42 Å². The number of carboxylic acids is 2. The minimum Gasteiger partial charge on any atom is -0.539 e. The topological polar surface area (TPSA) is 91.1 Å². The zero-order valence-corrected chi connectivity index (χ0v) is 16.0. The van der Waals surface area contributed by atoms with Crippen molar-refractivity contribution in [3.05, 3.63) is 72.1 Å². The van der Waals surface area contributed by atoms with Crippen LogP contribution in [0.3, 0.4) is 0 Å². The first-order valence-corrected chi connectivity index (χ1v) is 8.57. The Morgan fingerprint density at radius 2 is 1.90 bits per heavy atom. The van der Waals surface area contributed by atoms with Gasteiger partial charge in [0, 0.05) is 5.57 Å². The van der Waals surface area contributed by atoms with Gasteiger partial charge in [-0.05, 0) is 47.4 Å². The summed E-state index contributed by atoms with van der Waals surface area (Å²) in [5.74, 6) is -0.978. The fraction of sp³-hybridized carbons (Fsp3) is 0.182. The summed E-state index contributed by atoms with van der Waals surface area (Å²) in [5, 5.41) is 16.3. The number of carbonyl (C=O) groups excluding carboxylic acids is 1. The van der Waals surface area contributed by atoms with E-state index in [9.17, 15) is 4.39 Å². The Hall–Kier alpha value is -3.63. The molecular formula is C22H22FNO5. The first kappa shape index (κ1) is 23.4. The van der Waals surface area contributed by atoms with Crippen LogP contribution in [0.4, 0.5) is 4.39 Å². The zero-order chi connectivity index (χ0) is 21.8. The molecule has 1 atom stereocenters. The Labute approximate surface area is 168 Å². The van der Waals surface area contributed by atoms with Crippen molar-refractivity contribution in [3.8, 4) is 18.1 Å². The SMILES string of the molecule is C#CC[NH+](C)CC(=C)c1cccc(COc2ccc(F)cc2)c1.O=C([O-])C(=O)O. The summed E-state index contributed by atoms with van der Waals surface area (Å²) in [6.07, 6.45) is 5.33. The average molecular weight is 399 g/mol. The first-order valence-electron chi connectivity index (χ1n) is 8.57. The van der Waals surface area contributed by atoms with E-state index in [1.807, 2.05) is 25.2 Å². The molecule has 1 unspecified atom stereocenters. The van der Waals surface area contributed by atoms with E-state index in [1.54, 1.807) is 12.1 Å². The lowest BCUT2D eigenvalue weighted by Gasteiger charge is -2.14. The number of benzene rings is 2. The van der Waals surface area contributed by atoms with Gasteiger partial charge >= 0.3 is 5.97 Å². The van der Waals surface area contributed by atoms with E-state index in [4.69, 9.17) is 31.0 Å². The van der Waals surface area contributed by atoms with Crippen LogP contribution in [-0.4, -0.2) is 37.2 Å². The zero-order valence-electron chi connectivity index (χ0n) is 16.0. The number of likely N-dealkylation sites (N-methyl/N-ethyl adjacent to an activating group) is 1. The van der Waals surface area contributed by atoms with E-state index in [2.05, 4.69) is 18.6 Å². The number of rotatable bonds is 7. The number of aliphatic carboxylic acids is 2. The lowest BCUT2D eigenvalue weighted by molar-refractivity contribution is -0.863. The molecule has 0 aliphatic heterocycles. The number of halogens is 1. The number of hydrogen-bond donors (Lipinski definition) is 2. The molecule has 29 heavy (non-hydrogen) atoms.